The van der Waals surface area contributed by atoms with Gasteiger partial charge in [-0.05, 0) is 30.2 Å². The van der Waals surface area contributed by atoms with Crippen LogP contribution < -0.4 is 10.6 Å². The quantitative estimate of drug-likeness (QED) is 0.335. The molecule has 4 aromatic rings. The number of nitrogens with one attached hydrogen (secondary N) is 2. The Labute approximate surface area is 206 Å². The minimum Gasteiger partial charge on any atom is -0.464 e. The average molecular weight is 494 g/mol. The van der Waals surface area contributed by atoms with Crippen molar-refractivity contribution in [3.05, 3.63) is 83.4 Å². The van der Waals surface area contributed by atoms with Gasteiger partial charge in [0.15, 0.2) is 5.69 Å². The van der Waals surface area contributed by atoms with Crippen LogP contribution in [0.2, 0.25) is 0 Å². The molecule has 0 aliphatic rings. The van der Waals surface area contributed by atoms with Gasteiger partial charge in [-0.1, -0.05) is 19.9 Å². The molecule has 0 atom stereocenters. The Morgan fingerprint density at radius 3 is 2.61 bits per heavy atom. The van der Waals surface area contributed by atoms with Crippen LogP contribution in [0.15, 0.2) is 55.0 Å². The molecule has 0 saturated heterocycles. The number of benzene rings is 1. The first kappa shape index (κ1) is 24.8. The summed E-state index contributed by atoms with van der Waals surface area (Å²) in [6.07, 6.45) is 4.52. The second-order valence-electron chi connectivity index (χ2n) is 8.60. The van der Waals surface area contributed by atoms with Crippen LogP contribution in [0.4, 0.5) is 20.2 Å². The van der Waals surface area contributed by atoms with Gasteiger partial charge in [-0.2, -0.15) is 0 Å². The molecule has 1 amide bonds. The van der Waals surface area contributed by atoms with Crippen molar-refractivity contribution in [3.63, 3.8) is 0 Å². The molecule has 0 radical (unpaired) electrons. The predicted octanol–water partition coefficient (Wildman–Crippen LogP) is 5.02. The number of esters is 1. The van der Waals surface area contributed by atoms with Crippen LogP contribution in [0.1, 0.15) is 40.3 Å². The van der Waals surface area contributed by atoms with Gasteiger partial charge in [0.1, 0.15) is 17.3 Å². The van der Waals surface area contributed by atoms with Crippen molar-refractivity contribution >= 4 is 34.3 Å². The number of halogens is 2. The molecule has 186 valence electrons. The topological polar surface area (TPSA) is 98.1 Å². The summed E-state index contributed by atoms with van der Waals surface area (Å²) in [5.41, 5.74) is 1.98. The first-order valence-electron chi connectivity index (χ1n) is 11.3. The third-order valence-corrected chi connectivity index (χ3v) is 5.49. The fourth-order valence-electron chi connectivity index (χ4n) is 3.85. The molecule has 0 fully saturated rings. The van der Waals surface area contributed by atoms with Crippen LogP contribution in [0, 0.1) is 17.6 Å². The van der Waals surface area contributed by atoms with Crippen molar-refractivity contribution in [2.24, 2.45) is 5.92 Å². The number of aromatic nitrogens is 3. The highest BCUT2D eigenvalue weighted by atomic mass is 19.1. The number of hydrogen-bond acceptors (Lipinski definition) is 6. The fourth-order valence-corrected chi connectivity index (χ4v) is 3.85. The van der Waals surface area contributed by atoms with Crippen molar-refractivity contribution in [3.8, 4) is 0 Å². The number of ether oxygens (including phenoxy) is 1. The normalized spacial score (nSPS) is 11.1. The largest absolute Gasteiger partial charge is 0.464 e. The zero-order valence-electron chi connectivity index (χ0n) is 20.0. The lowest BCUT2D eigenvalue weighted by Crippen LogP contribution is -2.18. The van der Waals surface area contributed by atoms with E-state index in [1.54, 1.807) is 35.2 Å². The number of amides is 1. The van der Waals surface area contributed by atoms with Crippen LogP contribution >= 0.6 is 0 Å². The van der Waals surface area contributed by atoms with E-state index < -0.39 is 23.5 Å². The lowest BCUT2D eigenvalue weighted by atomic mass is 10.2. The highest BCUT2D eigenvalue weighted by Crippen LogP contribution is 2.34. The third-order valence-electron chi connectivity index (χ3n) is 5.49. The Morgan fingerprint density at radius 2 is 1.94 bits per heavy atom. The summed E-state index contributed by atoms with van der Waals surface area (Å²) in [4.78, 5) is 34.4. The molecule has 0 bridgehead atoms. The van der Waals surface area contributed by atoms with Crippen LogP contribution in [0.25, 0.3) is 11.0 Å². The van der Waals surface area contributed by atoms with Crippen molar-refractivity contribution < 1.29 is 23.1 Å². The van der Waals surface area contributed by atoms with Gasteiger partial charge in [0.25, 0.3) is 5.91 Å². The van der Waals surface area contributed by atoms with E-state index in [0.717, 1.165) is 6.07 Å². The van der Waals surface area contributed by atoms with Crippen LogP contribution in [-0.2, 0) is 17.8 Å². The van der Waals surface area contributed by atoms with Crippen LogP contribution in [-0.4, -0.2) is 33.5 Å². The lowest BCUT2D eigenvalue weighted by Gasteiger charge is -2.12. The Hall–Kier alpha value is -4.34. The SMILES string of the molecule is COC(=O)c1c(NC(=O)c2cccnc2)c2cc(NCc3ccc(F)cc3F)cnc2n1CC(C)C. The molecule has 10 heteroatoms. The van der Waals surface area contributed by atoms with Gasteiger partial charge in [0.05, 0.1) is 30.2 Å². The van der Waals surface area contributed by atoms with Crippen molar-refractivity contribution in [2.75, 3.05) is 17.7 Å². The number of carbonyl (C=O) groups excluding carboxylic acids is 2. The van der Waals surface area contributed by atoms with E-state index in [0.29, 0.717) is 28.8 Å². The number of rotatable bonds is 8. The fraction of sp³-hybridized carbons (Fsp3) is 0.231. The van der Waals surface area contributed by atoms with E-state index in [-0.39, 0.29) is 29.4 Å². The summed E-state index contributed by atoms with van der Waals surface area (Å²) >= 11 is 0. The molecule has 8 nitrogen and oxygen atoms in total. The highest BCUT2D eigenvalue weighted by Gasteiger charge is 2.27. The number of nitrogens with zero attached hydrogens (tertiary/aromatic N) is 3. The molecular formula is C26H25F2N5O3. The van der Waals surface area contributed by atoms with E-state index in [2.05, 4.69) is 20.6 Å². The minimum absolute atomic E-state index is 0.0766. The molecule has 0 saturated carbocycles. The molecular weight excluding hydrogens is 468 g/mol. The molecule has 0 spiro atoms. The molecule has 4 rings (SSSR count). The molecule has 36 heavy (non-hydrogen) atoms. The zero-order chi connectivity index (χ0) is 25.8. The highest BCUT2D eigenvalue weighted by molar-refractivity contribution is 6.14. The predicted molar refractivity (Wildman–Crippen MR) is 132 cm³/mol. The van der Waals surface area contributed by atoms with Gasteiger partial charge in [-0.15, -0.1) is 0 Å². The standard InChI is InChI=1S/C26H25F2N5O3/c1-15(2)14-33-23(26(35)36-3)22(32-25(34)17-5-4-8-29-11-17)20-10-19(13-31-24(20)33)30-12-16-6-7-18(27)9-21(16)28/h4-11,13,15,30H,12,14H2,1-3H3,(H,32,34). The van der Waals surface area contributed by atoms with Gasteiger partial charge in [0, 0.05) is 42.5 Å². The third kappa shape index (κ3) is 5.17. The Kier molecular flexibility index (Phi) is 7.23. The number of carbonyl (C=O) groups is 2. The van der Waals surface area contributed by atoms with Gasteiger partial charge >= 0.3 is 5.97 Å². The summed E-state index contributed by atoms with van der Waals surface area (Å²) in [5.74, 6) is -2.25. The van der Waals surface area contributed by atoms with Gasteiger partial charge in [-0.25, -0.2) is 18.6 Å². The first-order valence-corrected chi connectivity index (χ1v) is 11.3. The van der Waals surface area contributed by atoms with Gasteiger partial charge in [0.2, 0.25) is 0 Å². The summed E-state index contributed by atoms with van der Waals surface area (Å²) < 4.78 is 34.1. The molecule has 0 aliphatic carbocycles. The Morgan fingerprint density at radius 1 is 1.14 bits per heavy atom. The van der Waals surface area contributed by atoms with Crippen LogP contribution in [0.3, 0.4) is 0 Å². The van der Waals surface area contributed by atoms with E-state index >= 15 is 0 Å². The molecule has 0 unspecified atom stereocenters. The molecule has 0 aliphatic heterocycles. The number of methoxy groups -OCH3 is 1. The van der Waals surface area contributed by atoms with E-state index in [4.69, 9.17) is 4.74 Å². The maximum Gasteiger partial charge on any atom is 0.356 e. The summed E-state index contributed by atoms with van der Waals surface area (Å²) in [6.45, 7) is 4.51. The number of pyridine rings is 2. The number of fused-ring (bicyclic) bond motifs is 1. The lowest BCUT2D eigenvalue weighted by molar-refractivity contribution is 0.0589. The van der Waals surface area contributed by atoms with Crippen molar-refractivity contribution in [1.82, 2.24) is 14.5 Å². The maximum absolute atomic E-state index is 14.1. The Balaban J connectivity index is 1.79. The maximum atomic E-state index is 14.1. The average Bonchev–Trinajstić information content (AvgIpc) is 3.15. The summed E-state index contributed by atoms with van der Waals surface area (Å²) in [5, 5.41) is 6.39. The second-order valence-corrected chi connectivity index (χ2v) is 8.60. The van der Waals surface area contributed by atoms with Crippen molar-refractivity contribution in [1.29, 1.82) is 0 Å². The number of anilines is 2. The molecule has 3 aromatic heterocycles. The summed E-state index contributed by atoms with van der Waals surface area (Å²) in [7, 11) is 1.27. The zero-order valence-corrected chi connectivity index (χ0v) is 20.0. The van der Waals surface area contributed by atoms with Gasteiger partial charge in [-0.3, -0.25) is 9.78 Å². The monoisotopic (exact) mass is 493 g/mol. The van der Waals surface area contributed by atoms with E-state index in [9.17, 15) is 18.4 Å². The van der Waals surface area contributed by atoms with Crippen LogP contribution in [0.5, 0.6) is 0 Å². The Bertz CT molecular complexity index is 1420. The van der Waals surface area contributed by atoms with Gasteiger partial charge < -0.3 is 19.9 Å². The first-order chi connectivity index (χ1) is 17.3. The van der Waals surface area contributed by atoms with E-state index in [1.165, 1.54) is 25.4 Å². The van der Waals surface area contributed by atoms with Crippen molar-refractivity contribution in [2.45, 2.75) is 26.9 Å². The molecule has 1 aromatic carbocycles. The minimum atomic E-state index is -0.669. The molecule has 2 N–H and O–H groups in total. The number of hydrogen-bond donors (Lipinski definition) is 2. The smallest absolute Gasteiger partial charge is 0.356 e. The molecule has 3 heterocycles. The second kappa shape index (κ2) is 10.5. The van der Waals surface area contributed by atoms with E-state index in [1.807, 2.05) is 13.8 Å². The summed E-state index contributed by atoms with van der Waals surface area (Å²) in [6, 6.07) is 8.32.